The van der Waals surface area contributed by atoms with E-state index in [1.807, 2.05) is 49.4 Å². The molecular formula is C29H31N5O2S. The first-order chi connectivity index (χ1) is 18.1. The van der Waals surface area contributed by atoms with Crippen LogP contribution in [0.2, 0.25) is 0 Å². The van der Waals surface area contributed by atoms with Gasteiger partial charge < -0.3 is 14.2 Å². The Hall–Kier alpha value is -3.49. The molecular weight excluding hydrogens is 482 g/mol. The Morgan fingerprint density at radius 3 is 2.51 bits per heavy atom. The Labute approximate surface area is 221 Å². The Morgan fingerprint density at radius 1 is 1.03 bits per heavy atom. The van der Waals surface area contributed by atoms with Gasteiger partial charge in [0.1, 0.15) is 5.82 Å². The lowest BCUT2D eigenvalue weighted by Crippen LogP contribution is -2.37. The normalized spacial score (nSPS) is 14.1. The zero-order valence-corrected chi connectivity index (χ0v) is 22.1. The van der Waals surface area contributed by atoms with Crippen molar-refractivity contribution in [2.24, 2.45) is 0 Å². The number of benzene rings is 2. The monoisotopic (exact) mass is 513 g/mol. The summed E-state index contributed by atoms with van der Waals surface area (Å²) in [4.78, 5) is 30.0. The lowest BCUT2D eigenvalue weighted by atomic mass is 10.1. The number of rotatable bonds is 9. The summed E-state index contributed by atoms with van der Waals surface area (Å²) in [7, 11) is 0. The highest BCUT2D eigenvalue weighted by atomic mass is 32.2. The highest BCUT2D eigenvalue weighted by molar-refractivity contribution is 7.99. The number of fused-ring (bicyclic) bond motifs is 1. The first kappa shape index (κ1) is 25.2. The maximum absolute atomic E-state index is 12.9. The van der Waals surface area contributed by atoms with E-state index in [0.717, 1.165) is 58.5 Å². The summed E-state index contributed by atoms with van der Waals surface area (Å²) in [5, 5.41) is 0.747. The fourth-order valence-electron chi connectivity index (χ4n) is 4.25. The quantitative estimate of drug-likeness (QED) is 0.128. The maximum atomic E-state index is 12.9. The molecule has 5 rings (SSSR count). The van der Waals surface area contributed by atoms with Gasteiger partial charge in [-0.1, -0.05) is 78.8 Å². The van der Waals surface area contributed by atoms with Gasteiger partial charge in [-0.15, -0.1) is 0 Å². The average molecular weight is 514 g/mol. The summed E-state index contributed by atoms with van der Waals surface area (Å²) in [6, 6.07) is 17.9. The molecule has 1 saturated heterocycles. The number of hydrogen-bond donors (Lipinski definition) is 0. The van der Waals surface area contributed by atoms with Crippen molar-refractivity contribution < 1.29 is 9.53 Å². The van der Waals surface area contributed by atoms with E-state index in [4.69, 9.17) is 19.7 Å². The number of anilines is 1. The van der Waals surface area contributed by atoms with Crippen LogP contribution in [0, 0.1) is 6.92 Å². The van der Waals surface area contributed by atoms with Crippen LogP contribution in [0.5, 0.6) is 0 Å². The molecule has 1 aliphatic rings. The fraction of sp³-hybridized carbons (Fsp3) is 0.310. The second kappa shape index (κ2) is 11.7. The molecule has 0 saturated carbocycles. The van der Waals surface area contributed by atoms with E-state index in [1.165, 1.54) is 0 Å². The number of carbonyl (C=O) groups excluding carboxylic acids is 1. The number of hydrogen-bond acceptors (Lipinski definition) is 7. The topological polar surface area (TPSA) is 73.1 Å². The molecule has 1 fully saturated rings. The van der Waals surface area contributed by atoms with Crippen molar-refractivity contribution in [1.82, 2.24) is 19.5 Å². The number of aromatic nitrogens is 4. The molecule has 0 atom stereocenters. The minimum Gasteiger partial charge on any atom is -0.378 e. The lowest BCUT2D eigenvalue weighted by Gasteiger charge is -2.28. The van der Waals surface area contributed by atoms with Crippen LogP contribution < -0.4 is 4.90 Å². The van der Waals surface area contributed by atoms with Gasteiger partial charge in [0.2, 0.25) is 0 Å². The molecule has 37 heavy (non-hydrogen) atoms. The second-order valence-electron chi connectivity index (χ2n) is 9.06. The van der Waals surface area contributed by atoms with Crippen molar-refractivity contribution in [3.63, 3.8) is 0 Å². The van der Waals surface area contributed by atoms with E-state index in [-0.39, 0.29) is 5.78 Å². The first-order valence-corrected chi connectivity index (χ1v) is 13.7. The standard InChI is InChI=1S/C29H31N5O2S/c1-3-19-37-29-31-27(33-15-17-36-18-16-33)26-28(32-29)34(20-22-7-5-4-6-8-22)25(30-26)14-13-24(35)23-11-9-21(2)10-12-23/h4-14H,3,15-20H2,1-2H3/b14-13+. The molecule has 0 spiro atoms. The van der Waals surface area contributed by atoms with Crippen LogP contribution in [0.1, 0.15) is 40.7 Å². The first-order valence-electron chi connectivity index (χ1n) is 12.7. The number of aryl methyl sites for hydroxylation is 1. The fourth-order valence-corrected chi connectivity index (χ4v) is 4.94. The molecule has 2 aromatic carbocycles. The Morgan fingerprint density at radius 2 is 1.78 bits per heavy atom. The summed E-state index contributed by atoms with van der Waals surface area (Å²) >= 11 is 1.66. The summed E-state index contributed by atoms with van der Waals surface area (Å²) in [5.74, 6) is 2.40. The Bertz CT molecular complexity index is 1390. The van der Waals surface area contributed by atoms with Crippen molar-refractivity contribution in [2.45, 2.75) is 32.0 Å². The highest BCUT2D eigenvalue weighted by Crippen LogP contribution is 2.29. The molecule has 3 heterocycles. The summed E-state index contributed by atoms with van der Waals surface area (Å²) in [5.41, 5.74) is 4.44. The predicted octanol–water partition coefficient (Wildman–Crippen LogP) is 5.42. The Kier molecular flexibility index (Phi) is 7.96. The van der Waals surface area contributed by atoms with Crippen LogP contribution in [-0.4, -0.2) is 57.4 Å². The number of nitrogens with zero attached hydrogens (tertiary/aromatic N) is 5. The van der Waals surface area contributed by atoms with Gasteiger partial charge >= 0.3 is 0 Å². The molecule has 2 aromatic heterocycles. The van der Waals surface area contributed by atoms with Crippen molar-refractivity contribution in [1.29, 1.82) is 0 Å². The molecule has 0 unspecified atom stereocenters. The van der Waals surface area contributed by atoms with Gasteiger partial charge in [0.25, 0.3) is 0 Å². The van der Waals surface area contributed by atoms with Crippen LogP contribution in [-0.2, 0) is 11.3 Å². The molecule has 7 nitrogen and oxygen atoms in total. The van der Waals surface area contributed by atoms with Gasteiger partial charge in [-0.05, 0) is 31.1 Å². The summed E-state index contributed by atoms with van der Waals surface area (Å²) in [6.07, 6.45) is 4.44. The molecule has 4 aromatic rings. The van der Waals surface area contributed by atoms with Gasteiger partial charge in [-0.3, -0.25) is 4.79 Å². The number of ketones is 1. The number of allylic oxidation sites excluding steroid dienone is 1. The van der Waals surface area contributed by atoms with Crippen LogP contribution >= 0.6 is 11.8 Å². The molecule has 0 N–H and O–H groups in total. The van der Waals surface area contributed by atoms with Crippen molar-refractivity contribution in [3.8, 4) is 0 Å². The Balaban J connectivity index is 1.61. The average Bonchev–Trinajstić information content (AvgIpc) is 3.28. The van der Waals surface area contributed by atoms with Gasteiger partial charge in [-0.25, -0.2) is 15.0 Å². The molecule has 0 bridgehead atoms. The van der Waals surface area contributed by atoms with Crippen LogP contribution in [0.25, 0.3) is 17.2 Å². The molecule has 0 amide bonds. The highest BCUT2D eigenvalue weighted by Gasteiger charge is 2.23. The maximum Gasteiger partial charge on any atom is 0.191 e. The summed E-state index contributed by atoms with van der Waals surface area (Å²) in [6.45, 7) is 7.58. The van der Waals surface area contributed by atoms with Crippen molar-refractivity contribution >= 4 is 40.6 Å². The largest absolute Gasteiger partial charge is 0.378 e. The van der Waals surface area contributed by atoms with E-state index in [9.17, 15) is 4.79 Å². The number of morpholine rings is 1. The predicted molar refractivity (Wildman–Crippen MR) is 149 cm³/mol. The molecule has 1 aliphatic heterocycles. The zero-order chi connectivity index (χ0) is 25.6. The summed E-state index contributed by atoms with van der Waals surface area (Å²) < 4.78 is 7.67. The number of ether oxygens (including phenoxy) is 1. The molecule has 0 aliphatic carbocycles. The third-order valence-electron chi connectivity index (χ3n) is 6.23. The van der Waals surface area contributed by atoms with E-state index in [2.05, 4.69) is 28.5 Å². The van der Waals surface area contributed by atoms with Crippen molar-refractivity contribution in [2.75, 3.05) is 37.0 Å². The van der Waals surface area contributed by atoms with E-state index in [1.54, 1.807) is 23.9 Å². The van der Waals surface area contributed by atoms with Gasteiger partial charge in [0.05, 0.1) is 19.8 Å². The minimum absolute atomic E-state index is 0.0583. The van der Waals surface area contributed by atoms with Crippen LogP contribution in [0.3, 0.4) is 0 Å². The van der Waals surface area contributed by atoms with E-state index < -0.39 is 0 Å². The third kappa shape index (κ3) is 5.92. The number of thioether (sulfide) groups is 1. The lowest BCUT2D eigenvalue weighted by molar-refractivity contribution is 0.104. The minimum atomic E-state index is -0.0583. The van der Waals surface area contributed by atoms with Gasteiger partial charge in [0.15, 0.2) is 27.9 Å². The van der Waals surface area contributed by atoms with Crippen LogP contribution in [0.4, 0.5) is 5.82 Å². The van der Waals surface area contributed by atoms with Crippen molar-refractivity contribution in [3.05, 3.63) is 83.2 Å². The SMILES string of the molecule is CCCSc1nc(N2CCOCC2)c2nc(/C=C/C(=O)c3ccc(C)cc3)n(Cc3ccccc3)c2n1. The third-order valence-corrected chi connectivity index (χ3v) is 7.29. The number of carbonyl (C=O) groups is 1. The van der Waals surface area contributed by atoms with E-state index in [0.29, 0.717) is 31.1 Å². The van der Waals surface area contributed by atoms with Gasteiger partial charge in [-0.2, -0.15) is 0 Å². The molecule has 190 valence electrons. The van der Waals surface area contributed by atoms with Crippen LogP contribution in [0.15, 0.2) is 65.8 Å². The molecule has 0 radical (unpaired) electrons. The van der Waals surface area contributed by atoms with E-state index >= 15 is 0 Å². The second-order valence-corrected chi connectivity index (χ2v) is 10.1. The van der Waals surface area contributed by atoms with Gasteiger partial charge in [0, 0.05) is 24.4 Å². The number of imidazole rings is 1. The molecule has 8 heteroatoms. The zero-order valence-electron chi connectivity index (χ0n) is 21.3. The smallest absolute Gasteiger partial charge is 0.191 e.